The number of hydrogen-bond acceptors (Lipinski definition) is 4. The maximum Gasteiger partial charge on any atom is 0.331 e. The van der Waals surface area contributed by atoms with E-state index >= 15 is 0 Å². The van der Waals surface area contributed by atoms with Crippen molar-refractivity contribution in [3.63, 3.8) is 0 Å². The van der Waals surface area contributed by atoms with Crippen LogP contribution in [0.4, 0.5) is 4.79 Å². The number of carbonyl (C=O) groups excluding carboxylic acids is 3. The van der Waals surface area contributed by atoms with E-state index in [1.807, 2.05) is 0 Å². The zero-order valence-electron chi connectivity index (χ0n) is 12.7. The van der Waals surface area contributed by atoms with Crippen molar-refractivity contribution in [2.24, 2.45) is 5.41 Å². The molecule has 1 spiro atoms. The topological polar surface area (TPSA) is 69.7 Å². The maximum atomic E-state index is 12.9. The molecule has 6 heteroatoms. The molecular formula is C15H23N3O3. The number of nitrogens with zero attached hydrogens (tertiary/aromatic N) is 2. The molecule has 1 aliphatic carbocycles. The summed E-state index contributed by atoms with van der Waals surface area (Å²) >= 11 is 0. The molecule has 2 aliphatic heterocycles. The number of rotatable bonds is 1. The number of likely N-dealkylation sites (tertiary alicyclic amines) is 1. The van der Waals surface area contributed by atoms with E-state index < -0.39 is 11.4 Å². The van der Waals surface area contributed by atoms with E-state index in [2.05, 4.69) is 24.2 Å². The molecule has 2 unspecified atom stereocenters. The summed E-state index contributed by atoms with van der Waals surface area (Å²) in [6, 6.07) is -0.278. The molecule has 4 amide bonds. The third-order valence-electron chi connectivity index (χ3n) is 5.51. The molecule has 3 rings (SSSR count). The fourth-order valence-electron chi connectivity index (χ4n) is 3.95. The number of carbonyl (C=O) groups is 3. The Hall–Kier alpha value is -1.43. The first-order chi connectivity index (χ1) is 9.95. The summed E-state index contributed by atoms with van der Waals surface area (Å²) in [4.78, 5) is 40.9. The Bertz CT molecular complexity index is 485. The summed E-state index contributed by atoms with van der Waals surface area (Å²) in [5.41, 5.74) is -0.972. The Balaban J connectivity index is 1.85. The van der Waals surface area contributed by atoms with Gasteiger partial charge in [0.15, 0.2) is 0 Å². The predicted octanol–water partition coefficient (Wildman–Crippen LogP) is 1.11. The molecule has 0 aromatic heterocycles. The lowest BCUT2D eigenvalue weighted by atomic mass is 9.81. The van der Waals surface area contributed by atoms with Crippen LogP contribution in [0.1, 0.15) is 45.4 Å². The van der Waals surface area contributed by atoms with Crippen LogP contribution in [0.5, 0.6) is 0 Å². The summed E-state index contributed by atoms with van der Waals surface area (Å²) in [6.07, 6.45) is 4.47. The quantitative estimate of drug-likeness (QED) is 0.735. The van der Waals surface area contributed by atoms with Crippen LogP contribution in [-0.4, -0.2) is 53.3 Å². The summed E-state index contributed by atoms with van der Waals surface area (Å²) in [5, 5.41) is 2.43. The van der Waals surface area contributed by atoms with E-state index in [1.165, 1.54) is 4.90 Å². The molecule has 0 radical (unpaired) electrons. The van der Waals surface area contributed by atoms with Gasteiger partial charge >= 0.3 is 6.03 Å². The summed E-state index contributed by atoms with van der Waals surface area (Å²) < 4.78 is 0. The fourth-order valence-corrected chi connectivity index (χ4v) is 3.95. The summed E-state index contributed by atoms with van der Waals surface area (Å²) in [7, 11) is 2.06. The first-order valence-corrected chi connectivity index (χ1v) is 7.85. The number of imide groups is 2. The van der Waals surface area contributed by atoms with Gasteiger partial charge in [0.2, 0.25) is 11.8 Å². The molecule has 3 aliphatic rings. The average molecular weight is 293 g/mol. The molecule has 3 fully saturated rings. The van der Waals surface area contributed by atoms with E-state index in [1.54, 1.807) is 0 Å². The first-order valence-electron chi connectivity index (χ1n) is 7.85. The zero-order valence-corrected chi connectivity index (χ0v) is 12.7. The molecule has 0 aromatic carbocycles. The number of piperidine rings is 1. The van der Waals surface area contributed by atoms with Crippen LogP contribution in [-0.2, 0) is 9.59 Å². The molecule has 2 heterocycles. The summed E-state index contributed by atoms with van der Waals surface area (Å²) in [5.74, 6) is -0.636. The molecule has 1 saturated carbocycles. The van der Waals surface area contributed by atoms with Gasteiger partial charge in [0.25, 0.3) is 0 Å². The van der Waals surface area contributed by atoms with E-state index in [-0.39, 0.29) is 17.9 Å². The average Bonchev–Trinajstić information content (AvgIpc) is 2.92. The van der Waals surface area contributed by atoms with Crippen LogP contribution in [0.15, 0.2) is 0 Å². The van der Waals surface area contributed by atoms with Crippen molar-refractivity contribution in [2.45, 2.75) is 57.5 Å². The molecular weight excluding hydrogens is 270 g/mol. The number of hydrogen-bond donors (Lipinski definition) is 1. The van der Waals surface area contributed by atoms with Crippen molar-refractivity contribution >= 4 is 17.8 Å². The van der Waals surface area contributed by atoms with Crippen LogP contribution in [0, 0.1) is 5.41 Å². The van der Waals surface area contributed by atoms with Gasteiger partial charge in [0.05, 0.1) is 0 Å². The molecule has 0 aromatic rings. The van der Waals surface area contributed by atoms with Crippen molar-refractivity contribution in [3.05, 3.63) is 0 Å². The highest BCUT2D eigenvalue weighted by Crippen LogP contribution is 2.42. The van der Waals surface area contributed by atoms with Gasteiger partial charge in [0.1, 0.15) is 5.41 Å². The lowest BCUT2D eigenvalue weighted by molar-refractivity contribution is -0.153. The summed E-state index contributed by atoms with van der Waals surface area (Å²) in [6.45, 7) is 2.97. The third-order valence-corrected chi connectivity index (χ3v) is 5.51. The van der Waals surface area contributed by atoms with Crippen LogP contribution in [0.2, 0.25) is 0 Å². The standard InChI is InChI=1S/C15H23N3O3/c1-10-9-11(5-8-17(10)2)18-13(20)15(6-3-4-7-15)12(19)16-14(18)21/h10-11H,3-9H2,1-2H3,(H,16,19,21). The zero-order chi connectivity index (χ0) is 15.2. The Morgan fingerprint density at radius 3 is 2.48 bits per heavy atom. The second-order valence-electron chi connectivity index (χ2n) is 6.73. The van der Waals surface area contributed by atoms with Crippen molar-refractivity contribution in [2.75, 3.05) is 13.6 Å². The van der Waals surface area contributed by atoms with Gasteiger partial charge in [-0.3, -0.25) is 19.8 Å². The molecule has 2 atom stereocenters. The van der Waals surface area contributed by atoms with Crippen molar-refractivity contribution < 1.29 is 14.4 Å². The number of barbiturate groups is 1. The number of urea groups is 1. The fraction of sp³-hybridized carbons (Fsp3) is 0.800. The second-order valence-corrected chi connectivity index (χ2v) is 6.73. The monoisotopic (exact) mass is 293 g/mol. The van der Waals surface area contributed by atoms with Crippen LogP contribution in [0.3, 0.4) is 0 Å². The highest BCUT2D eigenvalue weighted by Gasteiger charge is 2.56. The Labute approximate surface area is 124 Å². The number of nitrogens with one attached hydrogen (secondary N) is 1. The van der Waals surface area contributed by atoms with Crippen molar-refractivity contribution in [1.29, 1.82) is 0 Å². The molecule has 2 saturated heterocycles. The van der Waals surface area contributed by atoms with Crippen molar-refractivity contribution in [3.8, 4) is 0 Å². The van der Waals surface area contributed by atoms with Gasteiger partial charge in [0, 0.05) is 18.6 Å². The molecule has 6 nitrogen and oxygen atoms in total. The lowest BCUT2D eigenvalue weighted by Gasteiger charge is -2.44. The van der Waals surface area contributed by atoms with Crippen molar-refractivity contribution in [1.82, 2.24) is 15.1 Å². The van der Waals surface area contributed by atoms with Gasteiger partial charge < -0.3 is 4.90 Å². The molecule has 21 heavy (non-hydrogen) atoms. The van der Waals surface area contributed by atoms with Gasteiger partial charge in [-0.15, -0.1) is 0 Å². The van der Waals surface area contributed by atoms with E-state index in [0.717, 1.165) is 32.2 Å². The van der Waals surface area contributed by atoms with Gasteiger partial charge in [-0.1, -0.05) is 12.8 Å². The van der Waals surface area contributed by atoms with Crippen LogP contribution >= 0.6 is 0 Å². The third kappa shape index (κ3) is 2.16. The largest absolute Gasteiger partial charge is 0.331 e. The minimum atomic E-state index is -0.972. The molecule has 116 valence electrons. The lowest BCUT2D eigenvalue weighted by Crippen LogP contribution is -2.66. The minimum absolute atomic E-state index is 0.0886. The van der Waals surface area contributed by atoms with E-state index in [0.29, 0.717) is 18.9 Å². The first kappa shape index (κ1) is 14.5. The second kappa shape index (κ2) is 5.09. The van der Waals surface area contributed by atoms with E-state index in [9.17, 15) is 14.4 Å². The highest BCUT2D eigenvalue weighted by atomic mass is 16.2. The smallest absolute Gasteiger partial charge is 0.304 e. The highest BCUT2D eigenvalue weighted by molar-refractivity contribution is 6.19. The Kier molecular flexibility index (Phi) is 3.51. The van der Waals surface area contributed by atoms with Crippen LogP contribution in [0.25, 0.3) is 0 Å². The Morgan fingerprint density at radius 1 is 1.19 bits per heavy atom. The number of amides is 4. The van der Waals surface area contributed by atoms with Gasteiger partial charge in [-0.05, 0) is 39.7 Å². The molecule has 0 bridgehead atoms. The predicted molar refractivity (Wildman–Crippen MR) is 76.4 cm³/mol. The van der Waals surface area contributed by atoms with Crippen LogP contribution < -0.4 is 5.32 Å². The van der Waals surface area contributed by atoms with Gasteiger partial charge in [-0.25, -0.2) is 4.79 Å². The minimum Gasteiger partial charge on any atom is -0.304 e. The molecule has 1 N–H and O–H groups in total. The normalized spacial score (nSPS) is 33.6. The van der Waals surface area contributed by atoms with E-state index in [4.69, 9.17) is 0 Å². The Morgan fingerprint density at radius 2 is 1.86 bits per heavy atom. The SMILES string of the molecule is CC1CC(N2C(=O)NC(=O)C3(CCCC3)C2=O)CCN1C. The van der Waals surface area contributed by atoms with Gasteiger partial charge in [-0.2, -0.15) is 0 Å². The maximum absolute atomic E-state index is 12.9.